The third-order valence-corrected chi connectivity index (χ3v) is 3.17. The molecule has 1 saturated carbocycles. The van der Waals surface area contributed by atoms with Gasteiger partial charge in [-0.15, -0.1) is 0 Å². The minimum atomic E-state index is 0.858. The van der Waals surface area contributed by atoms with Crippen LogP contribution in [0.5, 0.6) is 0 Å². The molecule has 0 amide bonds. The van der Waals surface area contributed by atoms with Crippen LogP contribution in [0.25, 0.3) is 0 Å². The van der Waals surface area contributed by atoms with E-state index < -0.39 is 0 Å². The molecule has 0 saturated heterocycles. The van der Waals surface area contributed by atoms with Crippen LogP contribution in [0.4, 0.5) is 0 Å². The van der Waals surface area contributed by atoms with Gasteiger partial charge in [0.25, 0.3) is 0 Å². The van der Waals surface area contributed by atoms with Gasteiger partial charge in [0.15, 0.2) is 0 Å². The topological polar surface area (TPSA) is 12.0 Å². The van der Waals surface area contributed by atoms with E-state index in [1.807, 2.05) is 0 Å². The zero-order valence-corrected chi connectivity index (χ0v) is 9.47. The molecular formula is C12H25N. The smallest absolute Gasteiger partial charge is 0.00204 e. The molecule has 1 heteroatoms. The molecule has 1 aliphatic carbocycles. The Kier molecular flexibility index (Phi) is 4.79. The van der Waals surface area contributed by atoms with Crippen molar-refractivity contribution in [3.8, 4) is 0 Å². The Labute approximate surface area is 83.3 Å². The molecule has 1 nitrogen and oxygen atoms in total. The van der Waals surface area contributed by atoms with E-state index in [9.17, 15) is 0 Å². The van der Waals surface area contributed by atoms with Crippen LogP contribution in [0.2, 0.25) is 0 Å². The maximum absolute atomic E-state index is 3.59. The molecule has 0 bridgehead atoms. The monoisotopic (exact) mass is 183 g/mol. The van der Waals surface area contributed by atoms with Crippen LogP contribution in [0.1, 0.15) is 46.5 Å². The Morgan fingerprint density at radius 3 is 2.46 bits per heavy atom. The summed E-state index contributed by atoms with van der Waals surface area (Å²) in [4.78, 5) is 0. The van der Waals surface area contributed by atoms with E-state index >= 15 is 0 Å². The molecule has 1 fully saturated rings. The second kappa shape index (κ2) is 5.64. The SMILES string of the molecule is CCCC(C)CNCC(C)C1CC1. The highest BCUT2D eigenvalue weighted by Crippen LogP contribution is 2.36. The molecule has 0 spiro atoms. The van der Waals surface area contributed by atoms with Gasteiger partial charge < -0.3 is 5.32 Å². The average Bonchev–Trinajstić information content (AvgIpc) is 2.86. The summed E-state index contributed by atoms with van der Waals surface area (Å²) in [5.41, 5.74) is 0. The van der Waals surface area contributed by atoms with Crippen molar-refractivity contribution in [3.63, 3.8) is 0 Å². The van der Waals surface area contributed by atoms with Crippen molar-refractivity contribution in [2.75, 3.05) is 13.1 Å². The van der Waals surface area contributed by atoms with E-state index in [1.54, 1.807) is 0 Å². The lowest BCUT2D eigenvalue weighted by Crippen LogP contribution is -2.26. The lowest BCUT2D eigenvalue weighted by Gasteiger charge is -2.14. The van der Waals surface area contributed by atoms with E-state index in [2.05, 4.69) is 26.1 Å². The zero-order chi connectivity index (χ0) is 9.68. The fraction of sp³-hybridized carbons (Fsp3) is 1.00. The Balaban J connectivity index is 1.92. The molecule has 0 aliphatic heterocycles. The minimum absolute atomic E-state index is 0.858. The first kappa shape index (κ1) is 11.0. The van der Waals surface area contributed by atoms with Crippen molar-refractivity contribution < 1.29 is 0 Å². The molecule has 0 aromatic heterocycles. The third kappa shape index (κ3) is 4.66. The first-order chi connectivity index (χ1) is 6.24. The molecule has 13 heavy (non-hydrogen) atoms. The molecule has 2 atom stereocenters. The fourth-order valence-corrected chi connectivity index (χ4v) is 1.98. The van der Waals surface area contributed by atoms with Crippen LogP contribution in [-0.2, 0) is 0 Å². The Morgan fingerprint density at radius 1 is 1.23 bits per heavy atom. The Morgan fingerprint density at radius 2 is 1.92 bits per heavy atom. The molecule has 0 aromatic rings. The summed E-state index contributed by atoms with van der Waals surface area (Å²) in [6.45, 7) is 9.44. The number of hydrogen-bond acceptors (Lipinski definition) is 1. The van der Waals surface area contributed by atoms with Gasteiger partial charge in [0.05, 0.1) is 0 Å². The maximum atomic E-state index is 3.59. The van der Waals surface area contributed by atoms with Crippen LogP contribution >= 0.6 is 0 Å². The molecular weight excluding hydrogens is 158 g/mol. The van der Waals surface area contributed by atoms with Crippen LogP contribution in [-0.4, -0.2) is 13.1 Å². The highest BCUT2D eigenvalue weighted by Gasteiger charge is 2.27. The van der Waals surface area contributed by atoms with E-state index in [1.165, 1.54) is 38.8 Å². The van der Waals surface area contributed by atoms with Gasteiger partial charge in [-0.25, -0.2) is 0 Å². The van der Waals surface area contributed by atoms with Gasteiger partial charge in [0, 0.05) is 0 Å². The van der Waals surface area contributed by atoms with Gasteiger partial charge in [0.2, 0.25) is 0 Å². The summed E-state index contributed by atoms with van der Waals surface area (Å²) in [5, 5.41) is 3.59. The third-order valence-electron chi connectivity index (χ3n) is 3.17. The van der Waals surface area contributed by atoms with Crippen LogP contribution < -0.4 is 5.32 Å². The first-order valence-electron chi connectivity index (χ1n) is 5.94. The number of nitrogens with one attached hydrogen (secondary N) is 1. The summed E-state index contributed by atoms with van der Waals surface area (Å²) in [7, 11) is 0. The predicted molar refractivity (Wildman–Crippen MR) is 58.8 cm³/mol. The normalized spacial score (nSPS) is 21.5. The molecule has 0 aromatic carbocycles. The quantitative estimate of drug-likeness (QED) is 0.639. The van der Waals surface area contributed by atoms with Crippen molar-refractivity contribution in [2.24, 2.45) is 17.8 Å². The molecule has 1 aliphatic rings. The van der Waals surface area contributed by atoms with Crippen LogP contribution in [0.3, 0.4) is 0 Å². The Hall–Kier alpha value is -0.0400. The van der Waals surface area contributed by atoms with Crippen molar-refractivity contribution in [1.29, 1.82) is 0 Å². The van der Waals surface area contributed by atoms with Gasteiger partial charge in [-0.3, -0.25) is 0 Å². The number of rotatable bonds is 7. The second-order valence-corrected chi connectivity index (χ2v) is 4.87. The van der Waals surface area contributed by atoms with Gasteiger partial charge >= 0.3 is 0 Å². The summed E-state index contributed by atoms with van der Waals surface area (Å²) in [5.74, 6) is 2.82. The van der Waals surface area contributed by atoms with Gasteiger partial charge in [-0.05, 0) is 50.1 Å². The number of hydrogen-bond donors (Lipinski definition) is 1. The molecule has 2 unspecified atom stereocenters. The van der Waals surface area contributed by atoms with E-state index in [4.69, 9.17) is 0 Å². The first-order valence-corrected chi connectivity index (χ1v) is 5.94. The molecule has 1 N–H and O–H groups in total. The highest BCUT2D eigenvalue weighted by molar-refractivity contribution is 4.79. The van der Waals surface area contributed by atoms with Gasteiger partial charge in [-0.2, -0.15) is 0 Å². The zero-order valence-electron chi connectivity index (χ0n) is 9.47. The summed E-state index contributed by atoms with van der Waals surface area (Å²) >= 11 is 0. The van der Waals surface area contributed by atoms with Crippen molar-refractivity contribution in [3.05, 3.63) is 0 Å². The standard InChI is InChI=1S/C12H25N/c1-4-5-10(2)8-13-9-11(3)12-6-7-12/h10-13H,4-9H2,1-3H3. The van der Waals surface area contributed by atoms with Gasteiger partial charge in [0.1, 0.15) is 0 Å². The Bertz CT molecular complexity index is 129. The summed E-state index contributed by atoms with van der Waals surface area (Å²) in [6, 6.07) is 0. The van der Waals surface area contributed by atoms with Crippen molar-refractivity contribution in [1.82, 2.24) is 5.32 Å². The van der Waals surface area contributed by atoms with Crippen LogP contribution in [0.15, 0.2) is 0 Å². The second-order valence-electron chi connectivity index (χ2n) is 4.87. The fourth-order valence-electron chi connectivity index (χ4n) is 1.98. The van der Waals surface area contributed by atoms with E-state index in [0.717, 1.165) is 17.8 Å². The summed E-state index contributed by atoms with van der Waals surface area (Å²) < 4.78 is 0. The molecule has 1 rings (SSSR count). The molecule has 78 valence electrons. The lowest BCUT2D eigenvalue weighted by atomic mass is 10.0. The lowest BCUT2D eigenvalue weighted by molar-refractivity contribution is 0.416. The summed E-state index contributed by atoms with van der Waals surface area (Å²) in [6.07, 6.45) is 5.65. The largest absolute Gasteiger partial charge is 0.316 e. The van der Waals surface area contributed by atoms with Crippen molar-refractivity contribution >= 4 is 0 Å². The minimum Gasteiger partial charge on any atom is -0.316 e. The average molecular weight is 183 g/mol. The van der Waals surface area contributed by atoms with Crippen LogP contribution in [0, 0.1) is 17.8 Å². The molecule has 0 radical (unpaired) electrons. The van der Waals surface area contributed by atoms with E-state index in [0.29, 0.717) is 0 Å². The highest BCUT2D eigenvalue weighted by atomic mass is 14.9. The predicted octanol–water partition coefficient (Wildman–Crippen LogP) is 3.06. The van der Waals surface area contributed by atoms with E-state index in [-0.39, 0.29) is 0 Å². The van der Waals surface area contributed by atoms with Gasteiger partial charge in [-0.1, -0.05) is 27.2 Å². The maximum Gasteiger partial charge on any atom is -0.00204 e. The molecule has 0 heterocycles. The van der Waals surface area contributed by atoms with Crippen molar-refractivity contribution in [2.45, 2.75) is 46.5 Å².